The second-order valence-electron chi connectivity index (χ2n) is 4.89. The Morgan fingerprint density at radius 2 is 1.88 bits per heavy atom. The highest BCUT2D eigenvalue weighted by atomic mass is 35.5. The molecule has 0 saturated heterocycles. The van der Waals surface area contributed by atoms with Gasteiger partial charge in [0, 0.05) is 0 Å². The predicted molar refractivity (Wildman–Crippen MR) is 92.3 cm³/mol. The van der Waals surface area contributed by atoms with Gasteiger partial charge in [-0.05, 0) is 30.7 Å². The molecule has 1 N–H and O–H groups in total. The lowest BCUT2D eigenvalue weighted by atomic mass is 10.2. The number of hydrogen-bond acceptors (Lipinski definition) is 5. The maximum absolute atomic E-state index is 14.0. The molecular weight excluding hydrogens is 373 g/mol. The molecule has 1 aromatic carbocycles. The second-order valence-corrected chi connectivity index (χ2v) is 8.26. The number of benzene rings is 1. The fourth-order valence-electron chi connectivity index (χ4n) is 1.98. The molecule has 2 aromatic heterocycles. The molecule has 0 amide bonds. The van der Waals surface area contributed by atoms with Crippen molar-refractivity contribution in [2.24, 2.45) is 0 Å². The average Bonchev–Trinajstić information content (AvgIpc) is 2.97. The van der Waals surface area contributed by atoms with Crippen LogP contribution in [0.4, 0.5) is 10.1 Å². The maximum atomic E-state index is 14.0. The lowest BCUT2D eigenvalue weighted by Crippen LogP contribution is -2.15. The highest BCUT2D eigenvalue weighted by molar-refractivity contribution is 7.92. The highest BCUT2D eigenvalue weighted by Crippen LogP contribution is 2.29. The summed E-state index contributed by atoms with van der Waals surface area (Å²) in [6.45, 7) is 1.50. The Morgan fingerprint density at radius 3 is 2.50 bits per heavy atom. The fraction of sp³-hybridized carbons (Fsp3) is 0.0667. The molecule has 0 aliphatic heterocycles. The second kappa shape index (κ2) is 6.46. The van der Waals surface area contributed by atoms with Crippen LogP contribution >= 0.6 is 22.9 Å². The molecule has 0 aliphatic carbocycles. The van der Waals surface area contributed by atoms with Crippen molar-refractivity contribution in [3.8, 4) is 10.7 Å². The number of hydrogen-bond donors (Lipinski definition) is 1. The van der Waals surface area contributed by atoms with Gasteiger partial charge in [-0.3, -0.25) is 4.72 Å². The quantitative estimate of drug-likeness (QED) is 0.736. The van der Waals surface area contributed by atoms with E-state index in [2.05, 4.69) is 14.7 Å². The number of aromatic nitrogens is 2. The number of rotatable bonds is 4. The first-order valence-electron chi connectivity index (χ1n) is 6.72. The third kappa shape index (κ3) is 3.40. The number of sulfonamides is 1. The van der Waals surface area contributed by atoms with Crippen LogP contribution in [0, 0.1) is 12.7 Å². The number of halogens is 2. The van der Waals surface area contributed by atoms with Crippen molar-refractivity contribution in [2.45, 2.75) is 11.8 Å². The summed E-state index contributed by atoms with van der Waals surface area (Å²) in [5, 5.41) is 0. The number of nitrogens with zero attached hydrogens (tertiary/aromatic N) is 2. The van der Waals surface area contributed by atoms with Gasteiger partial charge in [-0.1, -0.05) is 23.7 Å². The van der Waals surface area contributed by atoms with Gasteiger partial charge in [0.1, 0.15) is 10.7 Å². The monoisotopic (exact) mass is 383 g/mol. The molecule has 0 fully saturated rings. The van der Waals surface area contributed by atoms with E-state index in [1.54, 1.807) is 12.1 Å². The van der Waals surface area contributed by atoms with E-state index >= 15 is 0 Å². The van der Waals surface area contributed by atoms with E-state index in [-0.39, 0.29) is 11.3 Å². The van der Waals surface area contributed by atoms with Crippen LogP contribution in [0.25, 0.3) is 10.7 Å². The van der Waals surface area contributed by atoms with Crippen molar-refractivity contribution < 1.29 is 12.8 Å². The van der Waals surface area contributed by atoms with Crippen LogP contribution in [0.1, 0.15) is 5.56 Å². The zero-order valence-electron chi connectivity index (χ0n) is 12.3. The molecule has 0 spiro atoms. The normalized spacial score (nSPS) is 11.5. The third-order valence-corrected chi connectivity index (χ3v) is 5.77. The Balaban J connectivity index is 1.86. The van der Waals surface area contributed by atoms with Gasteiger partial charge in [0.05, 0.1) is 27.3 Å². The van der Waals surface area contributed by atoms with E-state index in [0.717, 1.165) is 4.88 Å². The van der Waals surface area contributed by atoms with E-state index in [0.29, 0.717) is 10.2 Å². The van der Waals surface area contributed by atoms with Gasteiger partial charge in [-0.15, -0.1) is 11.3 Å². The van der Waals surface area contributed by atoms with Crippen LogP contribution in [-0.4, -0.2) is 18.4 Å². The summed E-state index contributed by atoms with van der Waals surface area (Å²) in [6, 6.07) is 7.68. The van der Waals surface area contributed by atoms with Gasteiger partial charge >= 0.3 is 0 Å². The SMILES string of the molecule is Cc1cccc(S(=O)(=O)Nc2cnc(-c3ccc(Cl)s3)nc2)c1F. The lowest BCUT2D eigenvalue weighted by molar-refractivity contribution is 0.565. The molecule has 9 heteroatoms. The first kappa shape index (κ1) is 16.8. The number of nitrogens with one attached hydrogen (secondary N) is 1. The standard InChI is InChI=1S/C15H11ClFN3O2S2/c1-9-3-2-4-12(14(9)17)24(21,22)20-10-7-18-15(19-8-10)11-5-6-13(16)23-11/h2-8,20H,1H3. The van der Waals surface area contributed by atoms with Crippen molar-refractivity contribution in [3.05, 3.63) is 58.4 Å². The first-order valence-corrected chi connectivity index (χ1v) is 9.40. The van der Waals surface area contributed by atoms with Crippen molar-refractivity contribution in [1.29, 1.82) is 0 Å². The van der Waals surface area contributed by atoms with Gasteiger partial charge in [0.25, 0.3) is 10.0 Å². The van der Waals surface area contributed by atoms with Crippen LogP contribution < -0.4 is 4.72 Å². The minimum atomic E-state index is -4.06. The zero-order chi connectivity index (χ0) is 17.3. The summed E-state index contributed by atoms with van der Waals surface area (Å²) in [5.74, 6) is -0.354. The summed E-state index contributed by atoms with van der Waals surface area (Å²) in [6.07, 6.45) is 2.64. The van der Waals surface area contributed by atoms with Crippen LogP contribution in [0.15, 0.2) is 47.6 Å². The van der Waals surface area contributed by atoms with Gasteiger partial charge in [-0.25, -0.2) is 22.8 Å². The Bertz CT molecular complexity index is 988. The molecule has 0 radical (unpaired) electrons. The third-order valence-electron chi connectivity index (χ3n) is 3.14. The number of thiophene rings is 1. The van der Waals surface area contributed by atoms with Crippen LogP contribution in [0.3, 0.4) is 0 Å². The molecule has 24 heavy (non-hydrogen) atoms. The summed E-state index contributed by atoms with van der Waals surface area (Å²) in [7, 11) is -4.06. The van der Waals surface area contributed by atoms with Crippen molar-refractivity contribution in [3.63, 3.8) is 0 Å². The molecule has 3 rings (SSSR count). The summed E-state index contributed by atoms with van der Waals surface area (Å²) in [4.78, 5) is 8.54. The first-order chi connectivity index (χ1) is 11.4. The smallest absolute Gasteiger partial charge is 0.264 e. The molecule has 0 atom stereocenters. The molecule has 2 heterocycles. The molecule has 0 aliphatic rings. The average molecular weight is 384 g/mol. The largest absolute Gasteiger partial charge is 0.276 e. The zero-order valence-corrected chi connectivity index (χ0v) is 14.7. The predicted octanol–water partition coefficient (Wildman–Crippen LogP) is 4.11. The molecule has 0 unspecified atom stereocenters. The van der Waals surface area contributed by atoms with E-state index in [1.807, 2.05) is 0 Å². The summed E-state index contributed by atoms with van der Waals surface area (Å²) in [5.41, 5.74) is 0.390. The maximum Gasteiger partial charge on any atom is 0.264 e. The van der Waals surface area contributed by atoms with E-state index < -0.39 is 20.7 Å². The van der Waals surface area contributed by atoms with Gasteiger partial charge < -0.3 is 0 Å². The van der Waals surface area contributed by atoms with Crippen LogP contribution in [-0.2, 0) is 10.0 Å². The van der Waals surface area contributed by atoms with Gasteiger partial charge in [0.2, 0.25) is 0 Å². The minimum absolute atomic E-state index is 0.141. The fourth-order valence-corrected chi connectivity index (χ4v) is 4.15. The van der Waals surface area contributed by atoms with Crippen molar-refractivity contribution in [2.75, 3.05) is 4.72 Å². The molecular formula is C15H11ClFN3O2S2. The van der Waals surface area contributed by atoms with Gasteiger partial charge in [0.15, 0.2) is 5.82 Å². The van der Waals surface area contributed by atoms with Crippen LogP contribution in [0.5, 0.6) is 0 Å². The summed E-state index contributed by atoms with van der Waals surface area (Å²) < 4.78 is 41.5. The lowest BCUT2D eigenvalue weighted by Gasteiger charge is -2.09. The van der Waals surface area contributed by atoms with Crippen molar-refractivity contribution >= 4 is 38.6 Å². The van der Waals surface area contributed by atoms with Crippen molar-refractivity contribution in [1.82, 2.24) is 9.97 Å². The van der Waals surface area contributed by atoms with E-state index in [9.17, 15) is 12.8 Å². The number of anilines is 1. The Labute approximate surface area is 147 Å². The molecule has 5 nitrogen and oxygen atoms in total. The minimum Gasteiger partial charge on any atom is -0.276 e. The van der Waals surface area contributed by atoms with E-state index in [4.69, 9.17) is 11.6 Å². The van der Waals surface area contributed by atoms with E-state index in [1.165, 1.54) is 48.9 Å². The molecule has 124 valence electrons. The van der Waals surface area contributed by atoms with Gasteiger partial charge in [-0.2, -0.15) is 0 Å². The molecule has 0 saturated carbocycles. The topological polar surface area (TPSA) is 72.0 Å². The van der Waals surface area contributed by atoms with Crippen LogP contribution in [0.2, 0.25) is 4.34 Å². The highest BCUT2D eigenvalue weighted by Gasteiger charge is 2.20. The Kier molecular flexibility index (Phi) is 4.53. The Hall–Kier alpha value is -2.03. The molecule has 3 aromatic rings. The Morgan fingerprint density at radius 1 is 1.17 bits per heavy atom. The molecule has 0 bridgehead atoms. The number of aryl methyl sites for hydroxylation is 1. The summed E-state index contributed by atoms with van der Waals surface area (Å²) >= 11 is 7.17.